The summed E-state index contributed by atoms with van der Waals surface area (Å²) in [6, 6.07) is 2.85. The largest absolute Gasteiger partial charge is 0.433 e. The highest BCUT2D eigenvalue weighted by Crippen LogP contribution is 2.36. The Morgan fingerprint density at radius 2 is 1.96 bits per heavy atom. The second-order valence-corrected chi connectivity index (χ2v) is 7.35. The third-order valence-electron chi connectivity index (χ3n) is 4.54. The van der Waals surface area contributed by atoms with E-state index in [0.29, 0.717) is 22.7 Å². The van der Waals surface area contributed by atoms with E-state index in [2.05, 4.69) is 10.3 Å². The zero-order valence-corrected chi connectivity index (χ0v) is 14.6. The minimum atomic E-state index is -4.49. The summed E-state index contributed by atoms with van der Waals surface area (Å²) in [4.78, 5) is 17.0. The highest BCUT2D eigenvalue weighted by molar-refractivity contribution is 7.10. The van der Waals surface area contributed by atoms with E-state index in [0.717, 1.165) is 25.1 Å². The van der Waals surface area contributed by atoms with Crippen LogP contribution in [0.3, 0.4) is 0 Å². The molecule has 0 aromatic carbocycles. The number of nitrogens with zero attached hydrogens (tertiary/aromatic N) is 1. The molecular weight excluding hydrogens is 349 g/mol. The van der Waals surface area contributed by atoms with Gasteiger partial charge < -0.3 is 5.32 Å². The fourth-order valence-electron chi connectivity index (χ4n) is 3.11. The Kier molecular flexibility index (Phi) is 5.13. The van der Waals surface area contributed by atoms with Gasteiger partial charge in [0.15, 0.2) is 0 Å². The van der Waals surface area contributed by atoms with Crippen LogP contribution in [0.1, 0.15) is 64.5 Å². The topological polar surface area (TPSA) is 42.0 Å². The number of carbonyl (C=O) groups excluding carboxylic acids is 1. The number of thiophene rings is 1. The third-order valence-corrected chi connectivity index (χ3v) is 5.63. The van der Waals surface area contributed by atoms with Crippen molar-refractivity contribution in [2.45, 2.75) is 51.1 Å². The lowest BCUT2D eigenvalue weighted by atomic mass is 9.88. The first-order chi connectivity index (χ1) is 11.8. The van der Waals surface area contributed by atoms with Gasteiger partial charge in [-0.05, 0) is 43.4 Å². The van der Waals surface area contributed by atoms with Crippen molar-refractivity contribution in [2.24, 2.45) is 0 Å². The van der Waals surface area contributed by atoms with Gasteiger partial charge in [0.1, 0.15) is 5.69 Å². The summed E-state index contributed by atoms with van der Waals surface area (Å²) < 4.78 is 38.0. The van der Waals surface area contributed by atoms with E-state index >= 15 is 0 Å². The van der Waals surface area contributed by atoms with Gasteiger partial charge in [-0.1, -0.05) is 19.3 Å². The van der Waals surface area contributed by atoms with Gasteiger partial charge in [-0.2, -0.15) is 13.2 Å². The predicted molar refractivity (Wildman–Crippen MR) is 92.1 cm³/mol. The van der Waals surface area contributed by atoms with Crippen LogP contribution in [0.15, 0.2) is 23.7 Å². The van der Waals surface area contributed by atoms with Gasteiger partial charge in [0.25, 0.3) is 5.91 Å². The second kappa shape index (κ2) is 7.15. The molecule has 2 aromatic rings. The molecule has 0 spiro atoms. The summed E-state index contributed by atoms with van der Waals surface area (Å²) in [5.41, 5.74) is 0.213. The highest BCUT2D eigenvalue weighted by Gasteiger charge is 2.32. The van der Waals surface area contributed by atoms with Gasteiger partial charge in [0.05, 0.1) is 17.4 Å². The van der Waals surface area contributed by atoms with Gasteiger partial charge in [0, 0.05) is 10.3 Å². The maximum absolute atomic E-state index is 12.7. The van der Waals surface area contributed by atoms with E-state index in [1.54, 1.807) is 11.3 Å². The number of pyridine rings is 1. The van der Waals surface area contributed by atoms with Crippen molar-refractivity contribution in [3.63, 3.8) is 0 Å². The zero-order valence-electron chi connectivity index (χ0n) is 13.8. The molecule has 1 fully saturated rings. The molecule has 1 N–H and O–H groups in total. The molecule has 0 bridgehead atoms. The van der Waals surface area contributed by atoms with Crippen LogP contribution in [0.2, 0.25) is 0 Å². The van der Waals surface area contributed by atoms with Crippen LogP contribution in [0, 0.1) is 6.92 Å². The minimum absolute atomic E-state index is 0.295. The molecule has 2 heterocycles. The number of anilines is 1. The summed E-state index contributed by atoms with van der Waals surface area (Å²) in [5.74, 6) is 0.206. The van der Waals surface area contributed by atoms with Crippen LogP contribution >= 0.6 is 11.3 Å². The summed E-state index contributed by atoms with van der Waals surface area (Å²) in [6.45, 7) is 1.52. The van der Waals surface area contributed by atoms with Crippen LogP contribution in [0.5, 0.6) is 0 Å². The average Bonchev–Trinajstić information content (AvgIpc) is 3.07. The maximum atomic E-state index is 12.7. The molecule has 3 nitrogen and oxygen atoms in total. The lowest BCUT2D eigenvalue weighted by Gasteiger charge is -2.19. The molecule has 134 valence electrons. The van der Waals surface area contributed by atoms with Gasteiger partial charge in [-0.3, -0.25) is 4.79 Å². The molecular formula is C18H19F3N2OS. The van der Waals surface area contributed by atoms with E-state index in [1.165, 1.54) is 31.1 Å². The second-order valence-electron chi connectivity index (χ2n) is 6.41. The van der Waals surface area contributed by atoms with E-state index in [9.17, 15) is 18.0 Å². The molecule has 0 atom stereocenters. The first kappa shape index (κ1) is 17.9. The van der Waals surface area contributed by atoms with E-state index in [1.807, 2.05) is 11.4 Å². The number of rotatable bonds is 3. The van der Waals surface area contributed by atoms with Crippen LogP contribution in [0.4, 0.5) is 18.9 Å². The smallest absolute Gasteiger partial charge is 0.320 e. The number of carbonyl (C=O) groups is 1. The Hall–Kier alpha value is -1.89. The molecule has 7 heteroatoms. The molecule has 1 aliphatic rings. The van der Waals surface area contributed by atoms with Gasteiger partial charge in [-0.25, -0.2) is 4.98 Å². The molecule has 1 saturated carbocycles. The van der Waals surface area contributed by atoms with E-state index in [4.69, 9.17) is 0 Å². The van der Waals surface area contributed by atoms with Crippen LogP contribution in [0.25, 0.3) is 0 Å². The SMILES string of the molecule is Cc1cc(C(F)(F)F)ncc1NC(=O)c1csc(C2CCCCC2)c1. The quantitative estimate of drug-likeness (QED) is 0.747. The summed E-state index contributed by atoms with van der Waals surface area (Å²) in [7, 11) is 0. The summed E-state index contributed by atoms with van der Waals surface area (Å²) in [5, 5.41) is 4.47. The molecule has 1 amide bonds. The zero-order chi connectivity index (χ0) is 18.0. The molecule has 0 radical (unpaired) electrons. The van der Waals surface area contributed by atoms with Gasteiger partial charge in [0.2, 0.25) is 0 Å². The minimum Gasteiger partial charge on any atom is -0.320 e. The summed E-state index contributed by atoms with van der Waals surface area (Å²) >= 11 is 1.58. The van der Waals surface area contributed by atoms with Gasteiger partial charge in [-0.15, -0.1) is 11.3 Å². The first-order valence-electron chi connectivity index (χ1n) is 8.28. The van der Waals surface area contributed by atoms with Crippen molar-refractivity contribution in [1.29, 1.82) is 0 Å². The van der Waals surface area contributed by atoms with Crippen molar-refractivity contribution in [1.82, 2.24) is 4.98 Å². The number of hydrogen-bond acceptors (Lipinski definition) is 3. The van der Waals surface area contributed by atoms with Crippen molar-refractivity contribution in [2.75, 3.05) is 5.32 Å². The predicted octanol–water partition coefficient (Wildman–Crippen LogP) is 5.77. The van der Waals surface area contributed by atoms with Crippen molar-refractivity contribution in [3.05, 3.63) is 45.4 Å². The number of halogens is 3. The van der Waals surface area contributed by atoms with Crippen LogP contribution in [-0.4, -0.2) is 10.9 Å². The number of amides is 1. The normalized spacial score (nSPS) is 16.0. The third kappa shape index (κ3) is 4.21. The number of nitrogens with one attached hydrogen (secondary N) is 1. The van der Waals surface area contributed by atoms with Crippen molar-refractivity contribution >= 4 is 22.9 Å². The molecule has 0 saturated heterocycles. The molecule has 0 aliphatic heterocycles. The van der Waals surface area contributed by atoms with Crippen LogP contribution < -0.4 is 5.32 Å². The number of aryl methyl sites for hydroxylation is 1. The maximum Gasteiger partial charge on any atom is 0.433 e. The van der Waals surface area contributed by atoms with Crippen molar-refractivity contribution in [3.8, 4) is 0 Å². The first-order valence-corrected chi connectivity index (χ1v) is 9.16. The summed E-state index contributed by atoms with van der Waals surface area (Å²) in [6.07, 6.45) is 2.60. The number of aromatic nitrogens is 1. The van der Waals surface area contributed by atoms with Gasteiger partial charge >= 0.3 is 6.18 Å². The molecule has 1 aliphatic carbocycles. The Morgan fingerprint density at radius 3 is 2.60 bits per heavy atom. The number of alkyl halides is 3. The molecule has 2 aromatic heterocycles. The standard InChI is InChI=1S/C18H19F3N2OS/c1-11-7-16(18(19,20)21)22-9-14(11)23-17(24)13-8-15(25-10-13)12-5-3-2-4-6-12/h7-10,12H,2-6H2,1H3,(H,23,24). The van der Waals surface area contributed by atoms with Crippen LogP contribution in [-0.2, 0) is 6.18 Å². The molecule has 25 heavy (non-hydrogen) atoms. The lowest BCUT2D eigenvalue weighted by molar-refractivity contribution is -0.141. The van der Waals surface area contributed by atoms with E-state index in [-0.39, 0.29) is 5.91 Å². The fourth-order valence-corrected chi connectivity index (χ4v) is 4.17. The highest BCUT2D eigenvalue weighted by atomic mass is 32.1. The number of hydrogen-bond donors (Lipinski definition) is 1. The van der Waals surface area contributed by atoms with E-state index < -0.39 is 11.9 Å². The fraction of sp³-hybridized carbons (Fsp3) is 0.444. The average molecular weight is 368 g/mol. The van der Waals surface area contributed by atoms with Crippen molar-refractivity contribution < 1.29 is 18.0 Å². The lowest BCUT2D eigenvalue weighted by Crippen LogP contribution is -2.14. The Labute approximate surface area is 148 Å². The monoisotopic (exact) mass is 368 g/mol. The Bertz CT molecular complexity index is 764. The Morgan fingerprint density at radius 1 is 1.24 bits per heavy atom. The molecule has 3 rings (SSSR count). The molecule has 0 unspecified atom stereocenters. The Balaban J connectivity index is 1.71.